The third-order valence-electron chi connectivity index (χ3n) is 3.67. The molecule has 1 aromatic heterocycles. The molecule has 6 heteroatoms. The zero-order valence-electron chi connectivity index (χ0n) is 12.9. The lowest BCUT2D eigenvalue weighted by atomic mass is 10.0. The van der Waals surface area contributed by atoms with Crippen molar-refractivity contribution in [2.24, 2.45) is 12.9 Å². The fraction of sp³-hybridized carbons (Fsp3) is 0.400. The molecule has 1 atom stereocenters. The summed E-state index contributed by atoms with van der Waals surface area (Å²) in [5.74, 6) is 5.75. The summed E-state index contributed by atoms with van der Waals surface area (Å²) in [6, 6.07) is 8.47. The van der Waals surface area contributed by atoms with Gasteiger partial charge in [0.2, 0.25) is 0 Å². The van der Waals surface area contributed by atoms with Crippen LogP contribution in [0.15, 0.2) is 28.7 Å². The summed E-state index contributed by atoms with van der Waals surface area (Å²) in [6.07, 6.45) is 0.774. The zero-order chi connectivity index (χ0) is 15.6. The number of aromatic nitrogens is 2. The standard InChI is InChI=1S/C15H22BrN5/c1-10-15(16)14(21(4)19-10)9-13(18-17)11-5-7-12(8-6-11)20(2)3/h5-8,13,18H,9,17H2,1-4H3. The van der Waals surface area contributed by atoms with Gasteiger partial charge in [0.25, 0.3) is 0 Å². The number of halogens is 1. The van der Waals surface area contributed by atoms with Crippen molar-refractivity contribution in [3.63, 3.8) is 0 Å². The average Bonchev–Trinajstić information content (AvgIpc) is 2.70. The Morgan fingerprint density at radius 3 is 2.38 bits per heavy atom. The average molecular weight is 352 g/mol. The predicted molar refractivity (Wildman–Crippen MR) is 90.2 cm³/mol. The Morgan fingerprint density at radius 2 is 1.95 bits per heavy atom. The fourth-order valence-electron chi connectivity index (χ4n) is 2.37. The Morgan fingerprint density at radius 1 is 1.33 bits per heavy atom. The van der Waals surface area contributed by atoms with E-state index in [2.05, 4.69) is 55.6 Å². The number of anilines is 1. The number of rotatable bonds is 5. The summed E-state index contributed by atoms with van der Waals surface area (Å²) in [5.41, 5.74) is 7.36. The first kappa shape index (κ1) is 16.0. The van der Waals surface area contributed by atoms with Crippen molar-refractivity contribution in [3.8, 4) is 0 Å². The van der Waals surface area contributed by atoms with Crippen LogP contribution < -0.4 is 16.2 Å². The van der Waals surface area contributed by atoms with E-state index in [9.17, 15) is 0 Å². The van der Waals surface area contributed by atoms with Crippen LogP contribution in [0.2, 0.25) is 0 Å². The molecule has 0 fully saturated rings. The van der Waals surface area contributed by atoms with Gasteiger partial charge in [-0.15, -0.1) is 0 Å². The van der Waals surface area contributed by atoms with Gasteiger partial charge in [-0.1, -0.05) is 12.1 Å². The molecule has 21 heavy (non-hydrogen) atoms. The highest BCUT2D eigenvalue weighted by molar-refractivity contribution is 9.10. The molecule has 0 radical (unpaired) electrons. The van der Waals surface area contributed by atoms with Gasteiger partial charge in [0.15, 0.2) is 0 Å². The summed E-state index contributed by atoms with van der Waals surface area (Å²) in [5, 5.41) is 4.42. The van der Waals surface area contributed by atoms with E-state index in [1.54, 1.807) is 0 Å². The van der Waals surface area contributed by atoms with E-state index in [1.807, 2.05) is 32.7 Å². The lowest BCUT2D eigenvalue weighted by molar-refractivity contribution is 0.529. The number of nitrogens with two attached hydrogens (primary N) is 1. The second-order valence-electron chi connectivity index (χ2n) is 5.38. The van der Waals surface area contributed by atoms with E-state index < -0.39 is 0 Å². The zero-order valence-corrected chi connectivity index (χ0v) is 14.5. The number of aryl methyl sites for hydroxylation is 2. The molecule has 2 rings (SSSR count). The monoisotopic (exact) mass is 351 g/mol. The number of benzene rings is 1. The Bertz CT molecular complexity index is 603. The quantitative estimate of drug-likeness (QED) is 0.640. The molecule has 0 spiro atoms. The van der Waals surface area contributed by atoms with E-state index >= 15 is 0 Å². The smallest absolute Gasteiger partial charge is 0.0738 e. The Kier molecular flexibility index (Phi) is 5.03. The second kappa shape index (κ2) is 6.60. The molecule has 2 aromatic rings. The highest BCUT2D eigenvalue weighted by Crippen LogP contribution is 2.26. The lowest BCUT2D eigenvalue weighted by Gasteiger charge is -2.19. The second-order valence-corrected chi connectivity index (χ2v) is 6.17. The van der Waals surface area contributed by atoms with E-state index in [1.165, 1.54) is 5.69 Å². The molecular formula is C15H22BrN5. The van der Waals surface area contributed by atoms with Gasteiger partial charge in [-0.05, 0) is 40.5 Å². The minimum atomic E-state index is 0.0484. The summed E-state index contributed by atoms with van der Waals surface area (Å²) in [4.78, 5) is 2.08. The summed E-state index contributed by atoms with van der Waals surface area (Å²) in [6.45, 7) is 1.99. The highest BCUT2D eigenvalue weighted by Gasteiger charge is 2.17. The van der Waals surface area contributed by atoms with E-state index in [0.717, 1.165) is 27.8 Å². The van der Waals surface area contributed by atoms with Crippen LogP contribution in [-0.4, -0.2) is 23.9 Å². The molecule has 0 aliphatic heterocycles. The molecule has 1 aromatic carbocycles. The fourth-order valence-corrected chi connectivity index (χ4v) is 2.87. The predicted octanol–water partition coefficient (Wildman–Crippen LogP) is 2.30. The van der Waals surface area contributed by atoms with Crippen LogP contribution >= 0.6 is 15.9 Å². The normalized spacial score (nSPS) is 12.5. The lowest BCUT2D eigenvalue weighted by Crippen LogP contribution is -2.30. The largest absolute Gasteiger partial charge is 0.378 e. The minimum absolute atomic E-state index is 0.0484. The van der Waals surface area contributed by atoms with Crippen LogP contribution in [0, 0.1) is 6.92 Å². The Balaban J connectivity index is 2.23. The summed E-state index contributed by atoms with van der Waals surface area (Å²) >= 11 is 3.60. The van der Waals surface area contributed by atoms with Crippen molar-refractivity contribution in [1.29, 1.82) is 0 Å². The van der Waals surface area contributed by atoms with Crippen molar-refractivity contribution in [2.45, 2.75) is 19.4 Å². The number of hydrogen-bond acceptors (Lipinski definition) is 4. The first-order chi connectivity index (χ1) is 9.93. The van der Waals surface area contributed by atoms with Crippen LogP contribution in [0.25, 0.3) is 0 Å². The molecular weight excluding hydrogens is 330 g/mol. The third-order valence-corrected chi connectivity index (χ3v) is 4.70. The molecule has 0 aliphatic carbocycles. The summed E-state index contributed by atoms with van der Waals surface area (Å²) < 4.78 is 2.95. The number of hydrazine groups is 1. The molecule has 0 bridgehead atoms. The van der Waals surface area contributed by atoms with Gasteiger partial charge in [0, 0.05) is 33.3 Å². The van der Waals surface area contributed by atoms with Crippen LogP contribution in [-0.2, 0) is 13.5 Å². The van der Waals surface area contributed by atoms with Crippen molar-refractivity contribution < 1.29 is 0 Å². The minimum Gasteiger partial charge on any atom is -0.378 e. The van der Waals surface area contributed by atoms with Crippen LogP contribution in [0.3, 0.4) is 0 Å². The van der Waals surface area contributed by atoms with Crippen molar-refractivity contribution >= 4 is 21.6 Å². The van der Waals surface area contributed by atoms with E-state index in [-0.39, 0.29) is 6.04 Å². The first-order valence-corrected chi connectivity index (χ1v) is 7.64. The highest BCUT2D eigenvalue weighted by atomic mass is 79.9. The third kappa shape index (κ3) is 3.45. The molecule has 0 amide bonds. The van der Waals surface area contributed by atoms with Gasteiger partial charge >= 0.3 is 0 Å². The maximum Gasteiger partial charge on any atom is 0.0738 e. The Labute approximate surface area is 134 Å². The van der Waals surface area contributed by atoms with Gasteiger partial charge in [-0.2, -0.15) is 5.10 Å². The van der Waals surface area contributed by atoms with E-state index in [0.29, 0.717) is 0 Å². The molecule has 1 heterocycles. The number of hydrogen-bond donors (Lipinski definition) is 2. The molecule has 114 valence electrons. The molecule has 3 N–H and O–H groups in total. The topological polar surface area (TPSA) is 59.1 Å². The SMILES string of the molecule is Cc1nn(C)c(CC(NN)c2ccc(N(C)C)cc2)c1Br. The molecule has 5 nitrogen and oxygen atoms in total. The van der Waals surface area contributed by atoms with Crippen LogP contribution in [0.5, 0.6) is 0 Å². The van der Waals surface area contributed by atoms with Gasteiger partial charge in [-0.3, -0.25) is 16.0 Å². The van der Waals surface area contributed by atoms with Crippen LogP contribution in [0.4, 0.5) is 5.69 Å². The van der Waals surface area contributed by atoms with Gasteiger partial charge in [0.1, 0.15) is 0 Å². The number of nitrogens with one attached hydrogen (secondary N) is 1. The van der Waals surface area contributed by atoms with Crippen LogP contribution in [0.1, 0.15) is 23.0 Å². The molecule has 0 aliphatic rings. The maximum absolute atomic E-state index is 5.75. The van der Waals surface area contributed by atoms with Crippen molar-refractivity contribution in [2.75, 3.05) is 19.0 Å². The molecule has 0 saturated heterocycles. The van der Waals surface area contributed by atoms with Gasteiger partial charge in [-0.25, -0.2) is 0 Å². The summed E-state index contributed by atoms with van der Waals surface area (Å²) in [7, 11) is 6.02. The van der Waals surface area contributed by atoms with Gasteiger partial charge in [0.05, 0.1) is 21.9 Å². The number of nitrogens with zero attached hydrogens (tertiary/aromatic N) is 3. The first-order valence-electron chi connectivity index (χ1n) is 6.85. The van der Waals surface area contributed by atoms with Crippen molar-refractivity contribution in [3.05, 3.63) is 45.7 Å². The molecule has 0 saturated carbocycles. The Hall–Kier alpha value is -1.37. The van der Waals surface area contributed by atoms with Gasteiger partial charge < -0.3 is 4.90 Å². The van der Waals surface area contributed by atoms with E-state index in [4.69, 9.17) is 5.84 Å². The molecule has 1 unspecified atom stereocenters. The maximum atomic E-state index is 5.75. The van der Waals surface area contributed by atoms with Crippen molar-refractivity contribution in [1.82, 2.24) is 15.2 Å².